The van der Waals surface area contributed by atoms with Gasteiger partial charge in [-0.15, -0.1) is 11.3 Å². The van der Waals surface area contributed by atoms with E-state index in [1.165, 1.54) is 17.5 Å². The Balaban J connectivity index is 2.06. The van der Waals surface area contributed by atoms with E-state index in [2.05, 4.69) is 15.0 Å². The van der Waals surface area contributed by atoms with Crippen molar-refractivity contribution in [3.05, 3.63) is 40.9 Å². The maximum absolute atomic E-state index is 12.3. The molecule has 0 fully saturated rings. The number of carbonyl (C=O) groups is 1. The molecule has 1 aromatic heterocycles. The quantitative estimate of drug-likeness (QED) is 0.749. The highest BCUT2D eigenvalue weighted by Crippen LogP contribution is 2.20. The summed E-state index contributed by atoms with van der Waals surface area (Å²) in [6.07, 6.45) is 1.88. The third-order valence-electron chi connectivity index (χ3n) is 3.11. The van der Waals surface area contributed by atoms with Gasteiger partial charge in [0.05, 0.1) is 4.90 Å². The number of nitrogens with zero attached hydrogens (tertiary/aromatic N) is 1. The molecule has 0 aliphatic carbocycles. The van der Waals surface area contributed by atoms with Crippen LogP contribution in [-0.4, -0.2) is 25.9 Å². The van der Waals surface area contributed by atoms with Gasteiger partial charge in [-0.1, -0.05) is 31.0 Å². The zero-order valence-electron chi connectivity index (χ0n) is 13.0. The molecular formula is C15H19N3O3S2. The third kappa shape index (κ3) is 4.77. The SMILES string of the molecule is CCCCNC(=O)c1csc(NS(=O)(=O)c2ccc(C)cc2)n1. The van der Waals surface area contributed by atoms with Crippen molar-refractivity contribution in [1.29, 1.82) is 0 Å². The van der Waals surface area contributed by atoms with Gasteiger partial charge in [-0.25, -0.2) is 13.4 Å². The van der Waals surface area contributed by atoms with E-state index in [9.17, 15) is 13.2 Å². The van der Waals surface area contributed by atoms with Crippen molar-refractivity contribution in [3.8, 4) is 0 Å². The van der Waals surface area contributed by atoms with Crippen LogP contribution in [0.25, 0.3) is 0 Å². The first kappa shape index (κ1) is 17.4. The summed E-state index contributed by atoms with van der Waals surface area (Å²) in [4.78, 5) is 16.1. The molecule has 2 N–H and O–H groups in total. The first-order chi connectivity index (χ1) is 10.9. The van der Waals surface area contributed by atoms with Gasteiger partial charge in [-0.05, 0) is 25.5 Å². The van der Waals surface area contributed by atoms with Crippen LogP contribution < -0.4 is 10.0 Å². The molecule has 0 spiro atoms. The first-order valence-electron chi connectivity index (χ1n) is 7.25. The zero-order valence-corrected chi connectivity index (χ0v) is 14.6. The molecule has 0 saturated heterocycles. The number of unbranched alkanes of at least 4 members (excludes halogenated alkanes) is 1. The molecule has 2 rings (SSSR count). The van der Waals surface area contributed by atoms with Crippen molar-refractivity contribution in [2.24, 2.45) is 0 Å². The first-order valence-corrected chi connectivity index (χ1v) is 9.62. The van der Waals surface area contributed by atoms with Gasteiger partial charge in [0.1, 0.15) is 5.69 Å². The van der Waals surface area contributed by atoms with Gasteiger partial charge in [0.15, 0.2) is 5.13 Å². The molecule has 1 aromatic carbocycles. The van der Waals surface area contributed by atoms with Gasteiger partial charge in [0.25, 0.3) is 15.9 Å². The molecule has 1 heterocycles. The second kappa shape index (κ2) is 7.56. The van der Waals surface area contributed by atoms with Crippen LogP contribution in [0.1, 0.15) is 35.8 Å². The van der Waals surface area contributed by atoms with E-state index in [1.54, 1.807) is 12.1 Å². The maximum atomic E-state index is 12.3. The minimum atomic E-state index is -3.70. The molecule has 124 valence electrons. The number of hydrogen-bond donors (Lipinski definition) is 2. The summed E-state index contributed by atoms with van der Waals surface area (Å²) in [5, 5.41) is 4.45. The Hall–Kier alpha value is -1.93. The van der Waals surface area contributed by atoms with Crippen molar-refractivity contribution in [3.63, 3.8) is 0 Å². The second-order valence-electron chi connectivity index (χ2n) is 5.07. The van der Waals surface area contributed by atoms with Gasteiger partial charge < -0.3 is 5.32 Å². The number of amides is 1. The predicted molar refractivity (Wildman–Crippen MR) is 91.3 cm³/mol. The van der Waals surface area contributed by atoms with Crippen molar-refractivity contribution in [2.75, 3.05) is 11.3 Å². The van der Waals surface area contributed by atoms with E-state index in [0.717, 1.165) is 29.7 Å². The van der Waals surface area contributed by atoms with Crippen molar-refractivity contribution in [1.82, 2.24) is 10.3 Å². The van der Waals surface area contributed by atoms with E-state index >= 15 is 0 Å². The fourth-order valence-corrected chi connectivity index (χ4v) is 3.73. The number of carbonyl (C=O) groups excluding carboxylic acids is 1. The normalized spacial score (nSPS) is 11.2. The molecule has 0 saturated carbocycles. The van der Waals surface area contributed by atoms with E-state index in [-0.39, 0.29) is 21.6 Å². The molecule has 0 radical (unpaired) electrons. The summed E-state index contributed by atoms with van der Waals surface area (Å²) >= 11 is 1.08. The zero-order chi connectivity index (χ0) is 16.9. The summed E-state index contributed by atoms with van der Waals surface area (Å²) in [6, 6.07) is 6.51. The van der Waals surface area contributed by atoms with Crippen LogP contribution in [0.2, 0.25) is 0 Å². The summed E-state index contributed by atoms with van der Waals surface area (Å²) in [7, 11) is -3.70. The van der Waals surface area contributed by atoms with Crippen LogP contribution in [0, 0.1) is 6.92 Å². The molecule has 0 aliphatic rings. The third-order valence-corrected chi connectivity index (χ3v) is 5.35. The van der Waals surface area contributed by atoms with Gasteiger partial charge in [0.2, 0.25) is 0 Å². The van der Waals surface area contributed by atoms with Crippen molar-refractivity contribution in [2.45, 2.75) is 31.6 Å². The number of benzene rings is 1. The summed E-state index contributed by atoms with van der Waals surface area (Å²) in [5.41, 5.74) is 1.19. The van der Waals surface area contributed by atoms with E-state index in [1.807, 2.05) is 13.8 Å². The molecule has 0 unspecified atom stereocenters. The average molecular weight is 353 g/mol. The van der Waals surface area contributed by atoms with Crippen LogP contribution in [-0.2, 0) is 10.0 Å². The molecule has 2 aromatic rings. The molecule has 0 aliphatic heterocycles. The lowest BCUT2D eigenvalue weighted by atomic mass is 10.2. The standard InChI is InChI=1S/C15H19N3O3S2/c1-3-4-9-16-14(19)13-10-22-15(17-13)18-23(20,21)12-7-5-11(2)6-8-12/h5-8,10H,3-4,9H2,1-2H3,(H,16,19)(H,17,18). The second-order valence-corrected chi connectivity index (χ2v) is 7.61. The number of aryl methyl sites for hydroxylation is 1. The lowest BCUT2D eigenvalue weighted by Gasteiger charge is -2.05. The minimum Gasteiger partial charge on any atom is -0.351 e. The number of nitrogens with one attached hydrogen (secondary N) is 2. The number of aromatic nitrogens is 1. The van der Waals surface area contributed by atoms with Gasteiger partial charge >= 0.3 is 0 Å². The van der Waals surface area contributed by atoms with Gasteiger partial charge in [0, 0.05) is 11.9 Å². The summed E-state index contributed by atoms with van der Waals surface area (Å²) < 4.78 is 26.9. The van der Waals surface area contributed by atoms with E-state index in [0.29, 0.717) is 6.54 Å². The highest BCUT2D eigenvalue weighted by Gasteiger charge is 2.17. The Morgan fingerprint density at radius 2 is 1.96 bits per heavy atom. The fourth-order valence-electron chi connectivity index (χ4n) is 1.79. The van der Waals surface area contributed by atoms with Crippen LogP contribution in [0.3, 0.4) is 0 Å². The number of anilines is 1. The number of hydrogen-bond acceptors (Lipinski definition) is 5. The number of sulfonamides is 1. The molecule has 0 bridgehead atoms. The van der Waals surface area contributed by atoms with Crippen LogP contribution in [0.5, 0.6) is 0 Å². The predicted octanol–water partition coefficient (Wildman–Crippen LogP) is 2.78. The molecule has 6 nitrogen and oxygen atoms in total. The molecule has 0 atom stereocenters. The Labute approximate surface area is 140 Å². The molecule has 8 heteroatoms. The van der Waals surface area contributed by atoms with Gasteiger partial charge in [-0.2, -0.15) is 0 Å². The highest BCUT2D eigenvalue weighted by molar-refractivity contribution is 7.93. The van der Waals surface area contributed by atoms with E-state index < -0.39 is 10.0 Å². The Morgan fingerprint density at radius 1 is 1.26 bits per heavy atom. The fraction of sp³-hybridized carbons (Fsp3) is 0.333. The smallest absolute Gasteiger partial charge is 0.270 e. The Bertz CT molecular complexity index is 768. The average Bonchev–Trinajstić information content (AvgIpc) is 2.95. The maximum Gasteiger partial charge on any atom is 0.270 e. The molecule has 23 heavy (non-hydrogen) atoms. The van der Waals surface area contributed by atoms with E-state index in [4.69, 9.17) is 0 Å². The lowest BCUT2D eigenvalue weighted by molar-refractivity contribution is 0.0949. The van der Waals surface area contributed by atoms with Crippen LogP contribution in [0.15, 0.2) is 34.5 Å². The number of thiazole rings is 1. The minimum absolute atomic E-state index is 0.159. The highest BCUT2D eigenvalue weighted by atomic mass is 32.2. The van der Waals surface area contributed by atoms with Crippen LogP contribution >= 0.6 is 11.3 Å². The monoisotopic (exact) mass is 353 g/mol. The summed E-state index contributed by atoms with van der Waals surface area (Å²) in [6.45, 7) is 4.50. The topological polar surface area (TPSA) is 88.2 Å². The Morgan fingerprint density at radius 3 is 2.61 bits per heavy atom. The lowest BCUT2D eigenvalue weighted by Crippen LogP contribution is -2.24. The number of rotatable bonds is 7. The van der Waals surface area contributed by atoms with Gasteiger partial charge in [-0.3, -0.25) is 9.52 Å². The van der Waals surface area contributed by atoms with Crippen molar-refractivity contribution >= 4 is 32.4 Å². The largest absolute Gasteiger partial charge is 0.351 e. The van der Waals surface area contributed by atoms with Crippen molar-refractivity contribution < 1.29 is 13.2 Å². The summed E-state index contributed by atoms with van der Waals surface area (Å²) in [5.74, 6) is -0.296. The molecule has 1 amide bonds. The van der Waals surface area contributed by atoms with Crippen LogP contribution in [0.4, 0.5) is 5.13 Å². The Kier molecular flexibility index (Phi) is 5.73. The molecular weight excluding hydrogens is 334 g/mol.